The molecule has 0 atom stereocenters. The molecular formula is C12H11ClN6. The molecule has 19 heavy (non-hydrogen) atoms. The van der Waals surface area contributed by atoms with E-state index in [9.17, 15) is 0 Å². The first kappa shape index (κ1) is 13.1. The van der Waals surface area contributed by atoms with E-state index in [0.29, 0.717) is 5.57 Å². The van der Waals surface area contributed by atoms with Crippen molar-refractivity contribution in [2.75, 3.05) is 5.32 Å². The first-order chi connectivity index (χ1) is 9.11. The van der Waals surface area contributed by atoms with Crippen molar-refractivity contribution in [3.8, 4) is 6.07 Å². The normalized spacial score (nSPS) is 11.2. The number of anilines is 1. The summed E-state index contributed by atoms with van der Waals surface area (Å²) in [4.78, 5) is 0. The van der Waals surface area contributed by atoms with E-state index in [1.54, 1.807) is 0 Å². The summed E-state index contributed by atoms with van der Waals surface area (Å²) in [5.41, 5.74) is 3.07. The molecule has 0 amide bonds. The standard InChI is InChI=1S/C12H11ClN6/c1-7-3-10(4-8(2)11(7)13)15-6-9(5-14)12-16-18-19-17-12/h3-4,6,15H,1-2H3,(H,16,17,18,19). The fourth-order valence-electron chi connectivity index (χ4n) is 1.61. The highest BCUT2D eigenvalue weighted by molar-refractivity contribution is 6.32. The topological polar surface area (TPSA) is 90.3 Å². The van der Waals surface area contributed by atoms with Crippen LogP contribution in [0.15, 0.2) is 18.3 Å². The van der Waals surface area contributed by atoms with Gasteiger partial charge in [-0.25, -0.2) is 0 Å². The van der Waals surface area contributed by atoms with Crippen molar-refractivity contribution in [2.45, 2.75) is 13.8 Å². The third-order valence-electron chi connectivity index (χ3n) is 2.53. The number of aryl methyl sites for hydroxylation is 2. The van der Waals surface area contributed by atoms with E-state index >= 15 is 0 Å². The lowest BCUT2D eigenvalue weighted by atomic mass is 10.1. The van der Waals surface area contributed by atoms with Gasteiger partial charge in [-0.2, -0.15) is 10.5 Å². The zero-order valence-corrected chi connectivity index (χ0v) is 11.2. The minimum absolute atomic E-state index is 0.248. The number of hydrogen-bond acceptors (Lipinski definition) is 5. The summed E-state index contributed by atoms with van der Waals surface area (Å²) in [5, 5.41) is 26.0. The largest absolute Gasteiger partial charge is 0.360 e. The summed E-state index contributed by atoms with van der Waals surface area (Å²) in [7, 11) is 0. The SMILES string of the molecule is Cc1cc(NC=C(C#N)c2nn[nH]n2)cc(C)c1Cl. The van der Waals surface area contributed by atoms with Crippen LogP contribution >= 0.6 is 11.6 Å². The predicted molar refractivity (Wildman–Crippen MR) is 72.3 cm³/mol. The van der Waals surface area contributed by atoms with Crippen molar-refractivity contribution in [3.05, 3.63) is 40.3 Å². The highest BCUT2D eigenvalue weighted by Gasteiger charge is 2.06. The number of nitrogens with zero attached hydrogens (tertiary/aromatic N) is 4. The molecule has 1 heterocycles. The van der Waals surface area contributed by atoms with Gasteiger partial charge in [-0.05, 0) is 42.3 Å². The van der Waals surface area contributed by atoms with Crippen LogP contribution in [0.4, 0.5) is 5.69 Å². The van der Waals surface area contributed by atoms with Crippen molar-refractivity contribution >= 4 is 22.9 Å². The van der Waals surface area contributed by atoms with Crippen molar-refractivity contribution in [2.24, 2.45) is 0 Å². The van der Waals surface area contributed by atoms with Gasteiger partial charge in [0.1, 0.15) is 11.6 Å². The van der Waals surface area contributed by atoms with E-state index in [2.05, 4.69) is 25.9 Å². The molecule has 0 spiro atoms. The van der Waals surface area contributed by atoms with Crippen molar-refractivity contribution in [1.29, 1.82) is 5.26 Å². The Kier molecular flexibility index (Phi) is 3.78. The molecule has 2 N–H and O–H groups in total. The molecule has 2 aromatic rings. The summed E-state index contributed by atoms with van der Waals surface area (Å²) in [5.74, 6) is 0.248. The lowest BCUT2D eigenvalue weighted by molar-refractivity contribution is 0.881. The molecule has 1 aromatic carbocycles. The van der Waals surface area contributed by atoms with Gasteiger partial charge in [0, 0.05) is 16.9 Å². The zero-order valence-electron chi connectivity index (χ0n) is 10.4. The number of H-pyrrole nitrogens is 1. The van der Waals surface area contributed by atoms with Gasteiger partial charge in [0.2, 0.25) is 5.82 Å². The lowest BCUT2D eigenvalue weighted by Gasteiger charge is -2.07. The van der Waals surface area contributed by atoms with E-state index in [-0.39, 0.29) is 5.82 Å². The maximum Gasteiger partial charge on any atom is 0.216 e. The second kappa shape index (κ2) is 5.50. The van der Waals surface area contributed by atoms with Gasteiger partial charge in [-0.15, -0.1) is 10.2 Å². The Morgan fingerprint density at radius 1 is 1.42 bits per heavy atom. The third kappa shape index (κ3) is 2.89. The summed E-state index contributed by atoms with van der Waals surface area (Å²) in [6.07, 6.45) is 1.53. The highest BCUT2D eigenvalue weighted by Crippen LogP contribution is 2.24. The molecule has 0 fully saturated rings. The van der Waals surface area contributed by atoms with Crippen LogP contribution in [0.25, 0.3) is 5.57 Å². The Labute approximate surface area is 115 Å². The van der Waals surface area contributed by atoms with Crippen LogP contribution in [-0.2, 0) is 0 Å². The average Bonchev–Trinajstić information content (AvgIpc) is 2.90. The van der Waals surface area contributed by atoms with E-state index in [1.165, 1.54) is 6.20 Å². The molecule has 6 nitrogen and oxygen atoms in total. The quantitative estimate of drug-likeness (QED) is 0.839. The monoisotopic (exact) mass is 274 g/mol. The van der Waals surface area contributed by atoms with Crippen molar-refractivity contribution < 1.29 is 0 Å². The Balaban J connectivity index is 2.25. The molecule has 0 radical (unpaired) electrons. The summed E-state index contributed by atoms with van der Waals surface area (Å²) in [6.45, 7) is 3.85. The highest BCUT2D eigenvalue weighted by atomic mass is 35.5. The van der Waals surface area contributed by atoms with E-state index in [4.69, 9.17) is 16.9 Å². The van der Waals surface area contributed by atoms with Crippen LogP contribution in [-0.4, -0.2) is 20.6 Å². The lowest BCUT2D eigenvalue weighted by Crippen LogP contribution is -1.94. The molecule has 0 aliphatic rings. The van der Waals surface area contributed by atoms with Gasteiger partial charge in [-0.3, -0.25) is 0 Å². The first-order valence-corrected chi connectivity index (χ1v) is 5.87. The minimum Gasteiger partial charge on any atom is -0.360 e. The molecule has 0 saturated heterocycles. The van der Waals surface area contributed by atoms with Crippen LogP contribution < -0.4 is 5.32 Å². The summed E-state index contributed by atoms with van der Waals surface area (Å²) < 4.78 is 0. The minimum atomic E-state index is 0.248. The molecular weight excluding hydrogens is 264 g/mol. The van der Waals surface area contributed by atoms with Gasteiger partial charge in [0.05, 0.1) is 0 Å². The number of allylic oxidation sites excluding steroid dienone is 1. The molecule has 0 saturated carbocycles. The summed E-state index contributed by atoms with van der Waals surface area (Å²) in [6, 6.07) is 5.80. The Bertz CT molecular complexity index is 630. The van der Waals surface area contributed by atoms with Gasteiger partial charge in [0.15, 0.2) is 0 Å². The Morgan fingerprint density at radius 2 is 2.11 bits per heavy atom. The van der Waals surface area contributed by atoms with E-state index in [0.717, 1.165) is 21.8 Å². The third-order valence-corrected chi connectivity index (χ3v) is 3.12. The van der Waals surface area contributed by atoms with Crippen LogP contribution in [0.3, 0.4) is 0 Å². The van der Waals surface area contributed by atoms with Crippen LogP contribution in [0, 0.1) is 25.2 Å². The smallest absolute Gasteiger partial charge is 0.216 e. The van der Waals surface area contributed by atoms with Crippen molar-refractivity contribution in [3.63, 3.8) is 0 Å². The van der Waals surface area contributed by atoms with Crippen molar-refractivity contribution in [1.82, 2.24) is 20.6 Å². The predicted octanol–water partition coefficient (Wildman–Crippen LogP) is 2.45. The molecule has 96 valence electrons. The van der Waals surface area contributed by atoms with E-state index < -0.39 is 0 Å². The van der Waals surface area contributed by atoms with Gasteiger partial charge in [-0.1, -0.05) is 11.6 Å². The molecule has 2 rings (SSSR count). The molecule has 0 aliphatic carbocycles. The number of aromatic nitrogens is 4. The average molecular weight is 275 g/mol. The molecule has 0 bridgehead atoms. The number of halogens is 1. The zero-order chi connectivity index (χ0) is 13.8. The van der Waals surface area contributed by atoms with Gasteiger partial charge in [0.25, 0.3) is 0 Å². The van der Waals surface area contributed by atoms with Gasteiger partial charge >= 0.3 is 0 Å². The number of rotatable bonds is 3. The van der Waals surface area contributed by atoms with Crippen LogP contribution in [0.5, 0.6) is 0 Å². The van der Waals surface area contributed by atoms with Crippen LogP contribution in [0.1, 0.15) is 17.0 Å². The number of hydrogen-bond donors (Lipinski definition) is 2. The molecule has 0 unspecified atom stereocenters. The molecule has 1 aromatic heterocycles. The maximum absolute atomic E-state index is 9.03. The fraction of sp³-hybridized carbons (Fsp3) is 0.167. The number of aromatic amines is 1. The first-order valence-electron chi connectivity index (χ1n) is 5.49. The summed E-state index contributed by atoms with van der Waals surface area (Å²) >= 11 is 6.09. The molecule has 0 aliphatic heterocycles. The Hall–Kier alpha value is -2.39. The Morgan fingerprint density at radius 3 is 2.63 bits per heavy atom. The maximum atomic E-state index is 9.03. The van der Waals surface area contributed by atoms with Crippen LogP contribution in [0.2, 0.25) is 5.02 Å². The number of nitrogens with one attached hydrogen (secondary N) is 2. The van der Waals surface area contributed by atoms with Gasteiger partial charge < -0.3 is 5.32 Å². The number of tetrazole rings is 1. The second-order valence-electron chi connectivity index (χ2n) is 3.97. The molecule has 7 heteroatoms. The van der Waals surface area contributed by atoms with E-state index in [1.807, 2.05) is 32.0 Å². The fourth-order valence-corrected chi connectivity index (χ4v) is 1.72. The number of nitriles is 1. The number of benzene rings is 1. The second-order valence-corrected chi connectivity index (χ2v) is 4.35.